The van der Waals surface area contributed by atoms with E-state index in [-0.39, 0.29) is 5.56 Å². The highest BCUT2D eigenvalue weighted by molar-refractivity contribution is 5.88. The molecule has 0 aliphatic carbocycles. The Morgan fingerprint density at radius 1 is 0.426 bits per heavy atom. The minimum absolute atomic E-state index is 0.0918. The van der Waals surface area contributed by atoms with Gasteiger partial charge in [-0.3, -0.25) is 0 Å². The summed E-state index contributed by atoms with van der Waals surface area (Å²) in [5, 5.41) is 9.56. The highest BCUT2D eigenvalue weighted by atomic mass is 16.5. The molecule has 0 amide bonds. The minimum Gasteiger partial charge on any atom is -0.493 e. The monoisotopic (exact) mass is 634 g/mol. The van der Waals surface area contributed by atoms with E-state index in [2.05, 4.69) is 0 Å². The number of hydrogen-bond acceptors (Lipinski definition) is 7. The maximum Gasteiger partial charge on any atom is 0.335 e. The van der Waals surface area contributed by atoms with E-state index in [1.807, 2.05) is 109 Å². The Morgan fingerprint density at radius 3 is 1.13 bits per heavy atom. The number of hydrogen-bond donors (Lipinski definition) is 1. The Morgan fingerprint density at radius 2 is 0.766 bits per heavy atom. The lowest BCUT2D eigenvalue weighted by Gasteiger charge is -2.12. The molecule has 0 heterocycles. The van der Waals surface area contributed by atoms with E-state index in [4.69, 9.17) is 28.4 Å². The van der Waals surface area contributed by atoms with Crippen LogP contribution in [0.25, 0.3) is 0 Å². The van der Waals surface area contributed by atoms with Crippen LogP contribution in [0.3, 0.4) is 0 Å². The zero-order valence-corrected chi connectivity index (χ0v) is 26.1. The zero-order valence-electron chi connectivity index (χ0n) is 26.1. The first-order valence-corrected chi connectivity index (χ1v) is 15.5. The molecule has 5 aromatic carbocycles. The molecular formula is C39H38O8. The molecule has 8 heteroatoms. The van der Waals surface area contributed by atoms with Gasteiger partial charge in [0.2, 0.25) is 0 Å². The van der Waals surface area contributed by atoms with Gasteiger partial charge in [0.1, 0.15) is 47.7 Å². The zero-order chi connectivity index (χ0) is 32.5. The van der Waals surface area contributed by atoms with Crippen LogP contribution in [0.15, 0.2) is 127 Å². The van der Waals surface area contributed by atoms with Crippen molar-refractivity contribution in [2.45, 2.75) is 26.1 Å². The standard InChI is InChI=1S/C39H38O8/c40-39(41)32-25-37(44-23-7-21-42-33-13-17-35(18-14-33)46-28-30-9-3-1-4-10-30)27-38(26-32)45-24-8-22-43-34-15-19-36(20-16-34)47-29-31-11-5-2-6-12-31/h1-6,9-20,25-27H,7-8,21-24,28-29H2,(H,40,41). The van der Waals surface area contributed by atoms with Crippen LogP contribution >= 0.6 is 0 Å². The lowest BCUT2D eigenvalue weighted by molar-refractivity contribution is 0.0695. The first-order valence-electron chi connectivity index (χ1n) is 15.5. The Labute approximate surface area is 275 Å². The highest BCUT2D eigenvalue weighted by Gasteiger charge is 2.10. The van der Waals surface area contributed by atoms with E-state index in [9.17, 15) is 9.90 Å². The molecule has 0 aliphatic heterocycles. The number of rotatable bonds is 19. The van der Waals surface area contributed by atoms with Gasteiger partial charge in [-0.2, -0.15) is 0 Å². The number of benzene rings is 5. The fourth-order valence-corrected chi connectivity index (χ4v) is 4.49. The van der Waals surface area contributed by atoms with Crippen molar-refractivity contribution >= 4 is 5.97 Å². The van der Waals surface area contributed by atoms with Crippen LogP contribution in [0.2, 0.25) is 0 Å². The van der Waals surface area contributed by atoms with Gasteiger partial charge in [-0.15, -0.1) is 0 Å². The second-order valence-corrected chi connectivity index (χ2v) is 10.6. The van der Waals surface area contributed by atoms with Crippen LogP contribution in [0.1, 0.15) is 34.3 Å². The molecule has 242 valence electrons. The highest BCUT2D eigenvalue weighted by Crippen LogP contribution is 2.24. The van der Waals surface area contributed by atoms with Crippen molar-refractivity contribution in [3.8, 4) is 34.5 Å². The lowest BCUT2D eigenvalue weighted by Crippen LogP contribution is -2.08. The SMILES string of the molecule is O=C(O)c1cc(OCCCOc2ccc(OCc3ccccc3)cc2)cc(OCCCOc2ccc(OCc3ccccc3)cc2)c1. The first-order chi connectivity index (χ1) is 23.1. The van der Waals surface area contributed by atoms with Crippen LogP contribution in [0.4, 0.5) is 0 Å². The van der Waals surface area contributed by atoms with E-state index in [0.717, 1.165) is 34.1 Å². The second-order valence-electron chi connectivity index (χ2n) is 10.6. The summed E-state index contributed by atoms with van der Waals surface area (Å²) in [6.07, 6.45) is 1.22. The van der Waals surface area contributed by atoms with Crippen LogP contribution in [-0.2, 0) is 13.2 Å². The summed E-state index contributed by atoms with van der Waals surface area (Å²) >= 11 is 0. The molecule has 0 unspecified atom stereocenters. The molecular weight excluding hydrogens is 596 g/mol. The molecule has 0 fully saturated rings. The molecule has 0 bridgehead atoms. The van der Waals surface area contributed by atoms with E-state index in [1.165, 1.54) is 12.1 Å². The third-order valence-electron chi connectivity index (χ3n) is 6.92. The molecule has 8 nitrogen and oxygen atoms in total. The van der Waals surface area contributed by atoms with Crippen molar-refractivity contribution in [2.24, 2.45) is 0 Å². The molecule has 47 heavy (non-hydrogen) atoms. The Balaban J connectivity index is 0.982. The summed E-state index contributed by atoms with van der Waals surface area (Å²) in [6.45, 7) is 2.59. The van der Waals surface area contributed by atoms with Gasteiger partial charge in [-0.25, -0.2) is 4.79 Å². The Kier molecular flexibility index (Phi) is 12.4. The number of ether oxygens (including phenoxy) is 6. The van der Waals surface area contributed by atoms with Crippen molar-refractivity contribution in [1.29, 1.82) is 0 Å². The third kappa shape index (κ3) is 11.3. The summed E-state index contributed by atoms with van der Waals surface area (Å²) in [6, 6.07) is 39.6. The molecule has 5 aromatic rings. The van der Waals surface area contributed by atoms with Gasteiger partial charge >= 0.3 is 5.97 Å². The van der Waals surface area contributed by atoms with Gasteiger partial charge in [0.25, 0.3) is 0 Å². The van der Waals surface area contributed by atoms with E-state index >= 15 is 0 Å². The quantitative estimate of drug-likeness (QED) is 0.0909. The van der Waals surface area contributed by atoms with Gasteiger partial charge in [-0.1, -0.05) is 60.7 Å². The predicted molar refractivity (Wildman–Crippen MR) is 179 cm³/mol. The molecule has 5 rings (SSSR count). The molecule has 0 aromatic heterocycles. The van der Waals surface area contributed by atoms with Crippen LogP contribution in [0.5, 0.6) is 34.5 Å². The fraction of sp³-hybridized carbons (Fsp3) is 0.205. The molecule has 0 aliphatic rings. The molecule has 0 atom stereocenters. The lowest BCUT2D eigenvalue weighted by atomic mass is 10.2. The summed E-state index contributed by atoms with van der Waals surface area (Å²) in [7, 11) is 0. The van der Waals surface area contributed by atoms with Gasteiger partial charge in [0, 0.05) is 18.9 Å². The van der Waals surface area contributed by atoms with E-state index in [1.54, 1.807) is 6.07 Å². The van der Waals surface area contributed by atoms with Crippen molar-refractivity contribution in [3.05, 3.63) is 144 Å². The summed E-state index contributed by atoms with van der Waals surface area (Å²) in [5.74, 6) is 2.78. The largest absolute Gasteiger partial charge is 0.493 e. The fourth-order valence-electron chi connectivity index (χ4n) is 4.49. The van der Waals surface area contributed by atoms with Crippen molar-refractivity contribution in [1.82, 2.24) is 0 Å². The first kappa shape index (κ1) is 32.8. The second kappa shape index (κ2) is 17.8. The average molecular weight is 635 g/mol. The number of carboxylic acid groups (broad SMARTS) is 1. The number of aromatic carboxylic acids is 1. The predicted octanol–water partition coefficient (Wildman–Crippen LogP) is 8.24. The van der Waals surface area contributed by atoms with Gasteiger partial charge in [0.05, 0.1) is 32.0 Å². The summed E-state index contributed by atoms with van der Waals surface area (Å²) < 4.78 is 34.9. The maximum atomic E-state index is 11.7. The van der Waals surface area contributed by atoms with Crippen LogP contribution in [0, 0.1) is 0 Å². The Bertz CT molecular complexity index is 1520. The van der Waals surface area contributed by atoms with Crippen molar-refractivity contribution in [3.63, 3.8) is 0 Å². The van der Waals surface area contributed by atoms with E-state index < -0.39 is 5.97 Å². The van der Waals surface area contributed by atoms with Gasteiger partial charge < -0.3 is 33.5 Å². The molecule has 0 spiro atoms. The van der Waals surface area contributed by atoms with Crippen molar-refractivity contribution in [2.75, 3.05) is 26.4 Å². The van der Waals surface area contributed by atoms with Crippen molar-refractivity contribution < 1.29 is 38.3 Å². The van der Waals surface area contributed by atoms with Crippen LogP contribution < -0.4 is 28.4 Å². The topological polar surface area (TPSA) is 92.7 Å². The maximum absolute atomic E-state index is 11.7. The number of carbonyl (C=O) groups is 1. The molecule has 0 saturated carbocycles. The average Bonchev–Trinajstić information content (AvgIpc) is 3.11. The normalized spacial score (nSPS) is 10.6. The smallest absolute Gasteiger partial charge is 0.335 e. The van der Waals surface area contributed by atoms with Gasteiger partial charge in [-0.05, 0) is 71.8 Å². The Hall–Kier alpha value is -5.63. The third-order valence-corrected chi connectivity index (χ3v) is 6.92. The summed E-state index contributed by atoms with van der Waals surface area (Å²) in [4.78, 5) is 11.7. The minimum atomic E-state index is -1.06. The molecule has 0 saturated heterocycles. The molecule has 0 radical (unpaired) electrons. The van der Waals surface area contributed by atoms with Gasteiger partial charge in [0.15, 0.2) is 0 Å². The summed E-state index contributed by atoms with van der Waals surface area (Å²) in [5.41, 5.74) is 2.30. The van der Waals surface area contributed by atoms with Crippen LogP contribution in [-0.4, -0.2) is 37.5 Å². The number of carboxylic acids is 1. The molecule has 1 N–H and O–H groups in total. The van der Waals surface area contributed by atoms with E-state index in [0.29, 0.717) is 64.0 Å².